The van der Waals surface area contributed by atoms with E-state index in [1.54, 1.807) is 6.20 Å². The molecule has 6 heteroatoms. The van der Waals surface area contributed by atoms with Gasteiger partial charge in [0.1, 0.15) is 5.03 Å². The minimum absolute atomic E-state index is 0.197. The normalized spacial score (nSPS) is 10.6. The van der Waals surface area contributed by atoms with Crippen LogP contribution in [0.25, 0.3) is 10.9 Å². The van der Waals surface area contributed by atoms with Crippen molar-refractivity contribution in [1.82, 2.24) is 15.0 Å². The van der Waals surface area contributed by atoms with E-state index in [4.69, 9.17) is 5.11 Å². The molecule has 0 amide bonds. The molecule has 0 bridgehead atoms. The highest BCUT2D eigenvalue weighted by Crippen LogP contribution is 2.24. The lowest BCUT2D eigenvalue weighted by Crippen LogP contribution is -1.97. The van der Waals surface area contributed by atoms with E-state index in [1.165, 1.54) is 30.1 Å². The van der Waals surface area contributed by atoms with Crippen LogP contribution in [0.5, 0.6) is 0 Å². The second-order valence-electron chi connectivity index (χ2n) is 4.00. The summed E-state index contributed by atoms with van der Waals surface area (Å²) in [6.07, 6.45) is 3.21. The number of para-hydroxylation sites is 1. The van der Waals surface area contributed by atoms with Gasteiger partial charge in [-0.25, -0.2) is 19.7 Å². The van der Waals surface area contributed by atoms with E-state index >= 15 is 0 Å². The third-order valence-electron chi connectivity index (χ3n) is 2.64. The van der Waals surface area contributed by atoms with Gasteiger partial charge in [-0.1, -0.05) is 18.2 Å². The van der Waals surface area contributed by atoms with E-state index < -0.39 is 5.97 Å². The van der Waals surface area contributed by atoms with Gasteiger partial charge in [0.2, 0.25) is 0 Å². The number of pyridine rings is 1. The number of nitrogens with zero attached hydrogens (tertiary/aromatic N) is 3. The molecular weight excluding hydrogens is 274 g/mol. The molecule has 0 atom stereocenters. The number of fused-ring (bicyclic) bond motifs is 1. The molecule has 5 nitrogen and oxygen atoms in total. The van der Waals surface area contributed by atoms with E-state index in [0.717, 1.165) is 10.9 Å². The van der Waals surface area contributed by atoms with Crippen LogP contribution in [0.1, 0.15) is 10.4 Å². The van der Waals surface area contributed by atoms with Crippen LogP contribution in [0.4, 0.5) is 0 Å². The van der Waals surface area contributed by atoms with Crippen LogP contribution in [-0.2, 0) is 0 Å². The zero-order valence-corrected chi connectivity index (χ0v) is 11.0. The number of benzene rings is 1. The first kappa shape index (κ1) is 12.6. The summed E-state index contributed by atoms with van der Waals surface area (Å²) in [5, 5.41) is 11.0. The molecule has 0 saturated heterocycles. The molecule has 0 aliphatic heterocycles. The number of carboxylic acid groups (broad SMARTS) is 1. The largest absolute Gasteiger partial charge is 0.478 e. The molecule has 20 heavy (non-hydrogen) atoms. The number of rotatable bonds is 3. The molecule has 0 aliphatic rings. The van der Waals surface area contributed by atoms with Crippen LogP contribution in [0.3, 0.4) is 0 Å². The molecule has 3 aromatic rings. The average molecular weight is 283 g/mol. The first-order valence-electron chi connectivity index (χ1n) is 5.81. The van der Waals surface area contributed by atoms with Crippen LogP contribution in [-0.4, -0.2) is 26.0 Å². The Kier molecular flexibility index (Phi) is 3.30. The van der Waals surface area contributed by atoms with Gasteiger partial charge in [-0.3, -0.25) is 0 Å². The molecule has 2 aromatic heterocycles. The standard InChI is InChI=1S/C14H9N3O2S/c18-13(19)9-5-6-15-12(7-9)20-14-16-8-10-3-1-2-4-11(10)17-14/h1-8H,(H,18,19). The molecule has 0 spiro atoms. The Hall–Kier alpha value is -2.47. The number of aromatic nitrogens is 3. The Balaban J connectivity index is 1.92. The lowest BCUT2D eigenvalue weighted by molar-refractivity contribution is 0.0696. The van der Waals surface area contributed by atoms with Crippen molar-refractivity contribution in [3.63, 3.8) is 0 Å². The van der Waals surface area contributed by atoms with Crippen LogP contribution < -0.4 is 0 Å². The first-order valence-corrected chi connectivity index (χ1v) is 6.63. The second kappa shape index (κ2) is 5.26. The van der Waals surface area contributed by atoms with E-state index in [9.17, 15) is 4.79 Å². The molecule has 3 rings (SSSR count). The van der Waals surface area contributed by atoms with Crippen LogP contribution in [0.15, 0.2) is 59.0 Å². The Morgan fingerprint density at radius 2 is 2.00 bits per heavy atom. The van der Waals surface area contributed by atoms with Crippen LogP contribution in [0, 0.1) is 0 Å². The van der Waals surface area contributed by atoms with Crippen molar-refractivity contribution in [2.45, 2.75) is 10.2 Å². The van der Waals surface area contributed by atoms with Crippen molar-refractivity contribution < 1.29 is 9.90 Å². The number of hydrogen-bond donors (Lipinski definition) is 1. The fourth-order valence-electron chi connectivity index (χ4n) is 1.70. The van der Waals surface area contributed by atoms with Crippen LogP contribution in [0.2, 0.25) is 0 Å². The van der Waals surface area contributed by atoms with Gasteiger partial charge in [-0.2, -0.15) is 0 Å². The summed E-state index contributed by atoms with van der Waals surface area (Å²) in [5.74, 6) is -0.978. The smallest absolute Gasteiger partial charge is 0.335 e. The topological polar surface area (TPSA) is 76.0 Å². The van der Waals surface area contributed by atoms with Gasteiger partial charge < -0.3 is 5.11 Å². The summed E-state index contributed by atoms with van der Waals surface area (Å²) in [6.45, 7) is 0. The SMILES string of the molecule is O=C(O)c1ccnc(Sc2ncc3ccccc3n2)c1. The predicted molar refractivity (Wildman–Crippen MR) is 74.9 cm³/mol. The molecular formula is C14H9N3O2S. The molecule has 0 aliphatic carbocycles. The minimum atomic E-state index is -0.978. The number of carbonyl (C=O) groups is 1. The number of aromatic carboxylic acids is 1. The summed E-state index contributed by atoms with van der Waals surface area (Å²) >= 11 is 1.24. The first-order chi connectivity index (χ1) is 9.72. The quantitative estimate of drug-likeness (QED) is 0.745. The Morgan fingerprint density at radius 3 is 2.85 bits per heavy atom. The van der Waals surface area contributed by atoms with Crippen molar-refractivity contribution in [3.8, 4) is 0 Å². The Morgan fingerprint density at radius 1 is 1.15 bits per heavy atom. The molecule has 98 valence electrons. The molecule has 0 saturated carbocycles. The third-order valence-corrected chi connectivity index (χ3v) is 3.46. The maximum absolute atomic E-state index is 10.9. The summed E-state index contributed by atoms with van der Waals surface area (Å²) in [6, 6.07) is 10.6. The second-order valence-corrected chi connectivity index (χ2v) is 4.99. The zero-order chi connectivity index (χ0) is 13.9. The summed E-state index contributed by atoms with van der Waals surface area (Å²) in [4.78, 5) is 23.7. The molecule has 2 heterocycles. The van der Waals surface area contributed by atoms with Crippen molar-refractivity contribution in [2.24, 2.45) is 0 Å². The maximum Gasteiger partial charge on any atom is 0.335 e. The monoisotopic (exact) mass is 283 g/mol. The van der Waals surface area contributed by atoms with Gasteiger partial charge in [-0.15, -0.1) is 0 Å². The van der Waals surface area contributed by atoms with Gasteiger partial charge in [0.25, 0.3) is 0 Å². The van der Waals surface area contributed by atoms with Crippen LogP contribution >= 0.6 is 11.8 Å². The summed E-state index contributed by atoms with van der Waals surface area (Å²) < 4.78 is 0. The van der Waals surface area contributed by atoms with Gasteiger partial charge in [0.05, 0.1) is 11.1 Å². The fraction of sp³-hybridized carbons (Fsp3) is 0. The lowest BCUT2D eigenvalue weighted by Gasteiger charge is -2.02. The van der Waals surface area contributed by atoms with Crippen molar-refractivity contribution in [3.05, 3.63) is 54.4 Å². The van der Waals surface area contributed by atoms with E-state index in [2.05, 4.69) is 15.0 Å². The van der Waals surface area contributed by atoms with Crippen molar-refractivity contribution in [2.75, 3.05) is 0 Å². The number of carboxylic acids is 1. The Bertz CT molecular complexity index is 792. The highest BCUT2D eigenvalue weighted by molar-refractivity contribution is 7.99. The van der Waals surface area contributed by atoms with Gasteiger partial charge in [-0.05, 0) is 30.0 Å². The van der Waals surface area contributed by atoms with Crippen molar-refractivity contribution >= 4 is 28.6 Å². The zero-order valence-electron chi connectivity index (χ0n) is 10.2. The molecule has 0 unspecified atom stereocenters. The Labute approximate surface area is 118 Å². The van der Waals surface area contributed by atoms with E-state index in [0.29, 0.717) is 10.2 Å². The average Bonchev–Trinajstić information content (AvgIpc) is 2.47. The van der Waals surface area contributed by atoms with Gasteiger partial charge >= 0.3 is 5.97 Å². The highest BCUT2D eigenvalue weighted by atomic mass is 32.2. The lowest BCUT2D eigenvalue weighted by atomic mass is 10.2. The van der Waals surface area contributed by atoms with Gasteiger partial charge in [0, 0.05) is 17.8 Å². The molecule has 1 aromatic carbocycles. The minimum Gasteiger partial charge on any atom is -0.478 e. The summed E-state index contributed by atoms with van der Waals surface area (Å²) in [7, 11) is 0. The molecule has 0 radical (unpaired) electrons. The van der Waals surface area contributed by atoms with E-state index in [-0.39, 0.29) is 5.56 Å². The highest BCUT2D eigenvalue weighted by Gasteiger charge is 2.07. The fourth-order valence-corrected chi connectivity index (χ4v) is 2.43. The molecule has 0 fully saturated rings. The maximum atomic E-state index is 10.9. The number of hydrogen-bond acceptors (Lipinski definition) is 5. The van der Waals surface area contributed by atoms with Crippen molar-refractivity contribution in [1.29, 1.82) is 0 Å². The third kappa shape index (κ3) is 2.60. The predicted octanol–water partition coefficient (Wildman–Crippen LogP) is 2.87. The van der Waals surface area contributed by atoms with E-state index in [1.807, 2.05) is 24.3 Å². The molecule has 1 N–H and O–H groups in total. The summed E-state index contributed by atoms with van der Waals surface area (Å²) in [5.41, 5.74) is 1.04. The van der Waals surface area contributed by atoms with Gasteiger partial charge in [0.15, 0.2) is 5.16 Å².